The zero-order valence-corrected chi connectivity index (χ0v) is 10.1. The first-order chi connectivity index (χ1) is 8.49. The summed E-state index contributed by atoms with van der Waals surface area (Å²) in [5.74, 6) is -0.362. The maximum absolute atomic E-state index is 10.3. The van der Waals surface area contributed by atoms with Crippen LogP contribution in [0.1, 0.15) is 32.1 Å². The number of hydrogen-bond acceptors (Lipinski definition) is 6. The van der Waals surface area contributed by atoms with Crippen molar-refractivity contribution in [3.05, 3.63) is 11.3 Å². The quantitative estimate of drug-likeness (QED) is 0.333. The van der Waals surface area contributed by atoms with Crippen LogP contribution in [0.5, 0.6) is 0 Å². The van der Waals surface area contributed by atoms with Crippen molar-refractivity contribution < 1.29 is 30.3 Å². The van der Waals surface area contributed by atoms with Crippen LogP contribution in [0.4, 0.5) is 0 Å². The zero-order chi connectivity index (χ0) is 13.7. The summed E-state index contributed by atoms with van der Waals surface area (Å²) < 4.78 is 0. The predicted octanol–water partition coefficient (Wildman–Crippen LogP) is -0.595. The van der Waals surface area contributed by atoms with Crippen molar-refractivity contribution in [2.75, 3.05) is 0 Å². The fraction of sp³-hybridized carbons (Fsp3) is 0.750. The number of aliphatic hydroxyl groups excluding tert-OH is 5. The molecule has 0 aromatic rings. The van der Waals surface area contributed by atoms with E-state index in [1.165, 1.54) is 0 Å². The Morgan fingerprint density at radius 2 is 1.56 bits per heavy atom. The molecule has 0 aromatic heterocycles. The highest BCUT2D eigenvalue weighted by Crippen LogP contribution is 2.27. The Balaban J connectivity index is 2.72. The van der Waals surface area contributed by atoms with Gasteiger partial charge >= 0.3 is 0 Å². The van der Waals surface area contributed by atoms with Crippen LogP contribution < -0.4 is 0 Å². The molecular weight excluding hydrogens is 240 g/mol. The average molecular weight is 260 g/mol. The summed E-state index contributed by atoms with van der Waals surface area (Å²) in [6, 6.07) is 0. The molecule has 0 aromatic carbocycles. The molecule has 0 radical (unpaired) electrons. The topological polar surface area (TPSA) is 118 Å². The van der Waals surface area contributed by atoms with E-state index in [0.29, 0.717) is 18.4 Å². The van der Waals surface area contributed by atoms with E-state index in [1.54, 1.807) is 0 Å². The van der Waals surface area contributed by atoms with Crippen molar-refractivity contribution >= 4 is 6.29 Å². The van der Waals surface area contributed by atoms with E-state index in [9.17, 15) is 25.2 Å². The van der Waals surface area contributed by atoms with E-state index >= 15 is 0 Å². The highest BCUT2D eigenvalue weighted by molar-refractivity contribution is 5.56. The molecule has 4 atom stereocenters. The van der Waals surface area contributed by atoms with E-state index < -0.39 is 24.4 Å². The van der Waals surface area contributed by atoms with Crippen LogP contribution in [0, 0.1) is 0 Å². The molecule has 1 rings (SSSR count). The van der Waals surface area contributed by atoms with E-state index in [0.717, 1.165) is 19.3 Å². The molecule has 1 fully saturated rings. The first-order valence-corrected chi connectivity index (χ1v) is 6.07. The highest BCUT2D eigenvalue weighted by Gasteiger charge is 2.33. The Bertz CT molecular complexity index is 306. The van der Waals surface area contributed by atoms with Gasteiger partial charge in [0.15, 0.2) is 6.29 Å². The maximum atomic E-state index is 10.3. The molecule has 6 heteroatoms. The van der Waals surface area contributed by atoms with Gasteiger partial charge in [0.25, 0.3) is 0 Å². The molecule has 5 N–H and O–H groups in total. The summed E-state index contributed by atoms with van der Waals surface area (Å²) in [6.07, 6.45) is -2.91. The number of carbonyl (C=O) groups excluding carboxylic acids is 1. The Morgan fingerprint density at radius 1 is 1.00 bits per heavy atom. The minimum Gasteiger partial charge on any atom is -0.509 e. The van der Waals surface area contributed by atoms with Crippen molar-refractivity contribution in [2.24, 2.45) is 0 Å². The molecule has 1 saturated carbocycles. The fourth-order valence-electron chi connectivity index (χ4n) is 2.07. The second-order valence-corrected chi connectivity index (χ2v) is 4.60. The lowest BCUT2D eigenvalue weighted by atomic mass is 9.91. The third-order valence-electron chi connectivity index (χ3n) is 3.26. The van der Waals surface area contributed by atoms with E-state index in [4.69, 9.17) is 5.11 Å². The van der Waals surface area contributed by atoms with Crippen molar-refractivity contribution in [1.82, 2.24) is 0 Å². The van der Waals surface area contributed by atoms with Gasteiger partial charge in [0.05, 0.1) is 0 Å². The lowest BCUT2D eigenvalue weighted by molar-refractivity contribution is -0.133. The smallest absolute Gasteiger partial charge is 0.151 e. The van der Waals surface area contributed by atoms with Crippen LogP contribution in [0.15, 0.2) is 11.3 Å². The first-order valence-electron chi connectivity index (χ1n) is 6.07. The number of aliphatic hydroxyl groups is 5. The molecule has 1 aliphatic carbocycles. The summed E-state index contributed by atoms with van der Waals surface area (Å²) in [5.41, 5.74) is 0.653. The third-order valence-corrected chi connectivity index (χ3v) is 3.26. The maximum Gasteiger partial charge on any atom is 0.151 e. The van der Waals surface area contributed by atoms with Gasteiger partial charge in [0.1, 0.15) is 30.2 Å². The fourth-order valence-corrected chi connectivity index (χ4v) is 2.07. The summed E-state index contributed by atoms with van der Waals surface area (Å²) >= 11 is 0. The van der Waals surface area contributed by atoms with Gasteiger partial charge < -0.3 is 30.3 Å². The first kappa shape index (κ1) is 15.1. The minimum atomic E-state index is -1.83. The van der Waals surface area contributed by atoms with Crippen molar-refractivity contribution in [3.63, 3.8) is 0 Å². The van der Waals surface area contributed by atoms with Crippen molar-refractivity contribution in [2.45, 2.75) is 56.5 Å². The van der Waals surface area contributed by atoms with Crippen molar-refractivity contribution in [1.29, 1.82) is 0 Å². The van der Waals surface area contributed by atoms with Gasteiger partial charge in [-0.2, -0.15) is 0 Å². The minimum absolute atomic E-state index is 0.0609. The largest absolute Gasteiger partial charge is 0.509 e. The number of rotatable bonds is 5. The molecule has 0 spiro atoms. The molecule has 0 aliphatic heterocycles. The second-order valence-electron chi connectivity index (χ2n) is 4.60. The molecule has 0 amide bonds. The number of allylic oxidation sites excluding steroid dienone is 1. The SMILES string of the molecule is O=C[C@H](O)[C@@H](O)[C@H](O)[C@H](O)C(O)=C1CCCCC1. The van der Waals surface area contributed by atoms with Gasteiger partial charge in [0, 0.05) is 0 Å². The van der Waals surface area contributed by atoms with E-state index in [1.807, 2.05) is 0 Å². The molecule has 0 bridgehead atoms. The summed E-state index contributed by atoms with van der Waals surface area (Å²) in [4.78, 5) is 10.3. The van der Waals surface area contributed by atoms with Crippen LogP contribution in [0.25, 0.3) is 0 Å². The normalized spacial score (nSPS) is 23.0. The lowest BCUT2D eigenvalue weighted by Crippen LogP contribution is -2.46. The van der Waals surface area contributed by atoms with Crippen LogP contribution in [-0.2, 0) is 4.79 Å². The van der Waals surface area contributed by atoms with Crippen LogP contribution in [0.2, 0.25) is 0 Å². The van der Waals surface area contributed by atoms with Crippen molar-refractivity contribution in [3.8, 4) is 0 Å². The third kappa shape index (κ3) is 3.52. The number of aldehydes is 1. The Hall–Kier alpha value is -0.950. The van der Waals surface area contributed by atoms with Gasteiger partial charge in [-0.3, -0.25) is 0 Å². The Labute approximate surface area is 105 Å². The van der Waals surface area contributed by atoms with Gasteiger partial charge in [-0.25, -0.2) is 0 Å². The Kier molecular flexibility index (Phi) is 5.74. The van der Waals surface area contributed by atoms with Gasteiger partial charge in [-0.15, -0.1) is 0 Å². The van der Waals surface area contributed by atoms with Gasteiger partial charge in [-0.05, 0) is 31.3 Å². The van der Waals surface area contributed by atoms with E-state index in [2.05, 4.69) is 0 Å². The van der Waals surface area contributed by atoms with Crippen LogP contribution >= 0.6 is 0 Å². The van der Waals surface area contributed by atoms with Gasteiger partial charge in [-0.1, -0.05) is 6.42 Å². The standard InChI is InChI=1S/C12H20O6/c13-6-8(14)10(16)12(18)11(17)9(15)7-4-2-1-3-5-7/h6,8,10-12,14-18H,1-5H2/t8-,10+,11+,12-/m0/s1. The molecule has 6 nitrogen and oxygen atoms in total. The lowest BCUT2D eigenvalue weighted by Gasteiger charge is -2.26. The van der Waals surface area contributed by atoms with Crippen LogP contribution in [-0.4, -0.2) is 56.2 Å². The zero-order valence-electron chi connectivity index (χ0n) is 10.1. The Morgan fingerprint density at radius 3 is 2.06 bits per heavy atom. The molecule has 104 valence electrons. The monoisotopic (exact) mass is 260 g/mol. The molecule has 0 saturated heterocycles. The highest BCUT2D eigenvalue weighted by atomic mass is 16.4. The molecule has 0 heterocycles. The average Bonchev–Trinajstić information content (AvgIpc) is 2.44. The number of hydrogen-bond donors (Lipinski definition) is 5. The second kappa shape index (κ2) is 6.84. The van der Waals surface area contributed by atoms with Gasteiger partial charge in [0.2, 0.25) is 0 Å². The number of carbonyl (C=O) groups is 1. The predicted molar refractivity (Wildman–Crippen MR) is 62.8 cm³/mol. The summed E-state index contributed by atoms with van der Waals surface area (Å²) in [7, 11) is 0. The molecular formula is C12H20O6. The van der Waals surface area contributed by atoms with Crippen LogP contribution in [0.3, 0.4) is 0 Å². The van der Waals surface area contributed by atoms with E-state index in [-0.39, 0.29) is 12.0 Å². The molecule has 18 heavy (non-hydrogen) atoms. The summed E-state index contributed by atoms with van der Waals surface area (Å²) in [5, 5.41) is 47.5. The molecule has 0 unspecified atom stereocenters. The molecule has 1 aliphatic rings. The summed E-state index contributed by atoms with van der Waals surface area (Å²) in [6.45, 7) is 0.